The molecule has 3 rings (SSSR count). The Hall–Kier alpha value is -2.50. The van der Waals surface area contributed by atoms with Crippen molar-refractivity contribution in [2.45, 2.75) is 19.1 Å². The first-order valence-corrected chi connectivity index (χ1v) is 8.25. The Bertz CT molecular complexity index is 748. The Morgan fingerprint density at radius 1 is 0.920 bits per heavy atom. The standard InChI is InChI=1S/C20H21NO4/c1-24-20(25-2)15-9-5-7-14(13-15)8-6-12-21-18(22)16-10-3-4-11-17(16)19(21)23/h3-5,7,9-11,13,20H,6,8,12H2,1-2H3. The van der Waals surface area contributed by atoms with Gasteiger partial charge in [-0.15, -0.1) is 0 Å². The van der Waals surface area contributed by atoms with Crippen molar-refractivity contribution in [1.29, 1.82) is 0 Å². The van der Waals surface area contributed by atoms with Crippen LogP contribution in [-0.2, 0) is 15.9 Å². The number of fused-ring (bicyclic) bond motifs is 1. The third-order valence-corrected chi connectivity index (χ3v) is 4.38. The highest BCUT2D eigenvalue weighted by atomic mass is 16.7. The number of aryl methyl sites for hydroxylation is 1. The third kappa shape index (κ3) is 3.48. The van der Waals surface area contributed by atoms with E-state index in [1.165, 1.54) is 4.90 Å². The van der Waals surface area contributed by atoms with E-state index in [1.807, 2.05) is 24.3 Å². The fourth-order valence-electron chi connectivity index (χ4n) is 3.15. The second-order valence-corrected chi connectivity index (χ2v) is 5.96. The maximum atomic E-state index is 12.3. The van der Waals surface area contributed by atoms with Crippen molar-refractivity contribution >= 4 is 11.8 Å². The minimum atomic E-state index is -0.392. The molecule has 130 valence electrons. The van der Waals surface area contributed by atoms with Gasteiger partial charge in [0.05, 0.1) is 11.1 Å². The molecule has 1 heterocycles. The quantitative estimate of drug-likeness (QED) is 0.574. The summed E-state index contributed by atoms with van der Waals surface area (Å²) in [6.45, 7) is 0.411. The van der Waals surface area contributed by atoms with Crippen LogP contribution in [0.4, 0.5) is 0 Å². The molecule has 2 aromatic rings. The van der Waals surface area contributed by atoms with Gasteiger partial charge in [-0.25, -0.2) is 0 Å². The molecule has 0 fully saturated rings. The summed E-state index contributed by atoms with van der Waals surface area (Å²) in [6, 6.07) is 14.9. The summed E-state index contributed by atoms with van der Waals surface area (Å²) in [5, 5.41) is 0. The number of imide groups is 1. The smallest absolute Gasteiger partial charge is 0.261 e. The van der Waals surface area contributed by atoms with Crippen molar-refractivity contribution in [3.05, 3.63) is 70.8 Å². The maximum Gasteiger partial charge on any atom is 0.261 e. The monoisotopic (exact) mass is 339 g/mol. The Labute approximate surface area is 147 Å². The highest BCUT2D eigenvalue weighted by molar-refractivity contribution is 6.21. The van der Waals surface area contributed by atoms with Crippen LogP contribution in [0.1, 0.15) is 44.6 Å². The number of nitrogens with zero attached hydrogens (tertiary/aromatic N) is 1. The number of carbonyl (C=O) groups excluding carboxylic acids is 2. The summed E-state index contributed by atoms with van der Waals surface area (Å²) in [5.41, 5.74) is 3.06. The van der Waals surface area contributed by atoms with Crippen LogP contribution >= 0.6 is 0 Å². The fourth-order valence-corrected chi connectivity index (χ4v) is 3.15. The number of ether oxygens (including phenoxy) is 2. The van der Waals surface area contributed by atoms with Gasteiger partial charge in [-0.3, -0.25) is 14.5 Å². The summed E-state index contributed by atoms with van der Waals surface area (Å²) < 4.78 is 10.5. The summed E-state index contributed by atoms with van der Waals surface area (Å²) >= 11 is 0. The van der Waals surface area contributed by atoms with Gasteiger partial charge in [0.1, 0.15) is 0 Å². The Kier molecular flexibility index (Phi) is 5.26. The topological polar surface area (TPSA) is 55.8 Å². The van der Waals surface area contributed by atoms with Crippen LogP contribution in [-0.4, -0.2) is 37.5 Å². The fraction of sp³-hybridized carbons (Fsp3) is 0.300. The molecule has 0 aromatic heterocycles. The lowest BCUT2D eigenvalue weighted by atomic mass is 10.1. The van der Waals surface area contributed by atoms with Crippen molar-refractivity contribution in [2.75, 3.05) is 20.8 Å². The lowest BCUT2D eigenvalue weighted by Gasteiger charge is -2.16. The minimum absolute atomic E-state index is 0.201. The first-order chi connectivity index (χ1) is 12.2. The van der Waals surface area contributed by atoms with Crippen molar-refractivity contribution in [3.8, 4) is 0 Å². The summed E-state index contributed by atoms with van der Waals surface area (Å²) in [5.74, 6) is -0.402. The molecule has 0 radical (unpaired) electrons. The van der Waals surface area contributed by atoms with Crippen molar-refractivity contribution in [3.63, 3.8) is 0 Å². The number of rotatable bonds is 7. The van der Waals surface area contributed by atoms with E-state index in [-0.39, 0.29) is 11.8 Å². The van der Waals surface area contributed by atoms with Gasteiger partial charge in [-0.1, -0.05) is 36.4 Å². The number of hydrogen-bond donors (Lipinski definition) is 0. The molecule has 0 atom stereocenters. The maximum absolute atomic E-state index is 12.3. The zero-order valence-corrected chi connectivity index (χ0v) is 14.4. The van der Waals surface area contributed by atoms with E-state index >= 15 is 0 Å². The molecule has 0 saturated heterocycles. The van der Waals surface area contributed by atoms with Gasteiger partial charge in [0.2, 0.25) is 0 Å². The van der Waals surface area contributed by atoms with Crippen molar-refractivity contribution in [1.82, 2.24) is 4.90 Å². The largest absolute Gasteiger partial charge is 0.352 e. The summed E-state index contributed by atoms with van der Waals surface area (Å²) in [7, 11) is 3.20. The molecule has 0 unspecified atom stereocenters. The Morgan fingerprint density at radius 3 is 2.16 bits per heavy atom. The molecule has 0 saturated carbocycles. The molecular weight excluding hydrogens is 318 g/mol. The molecule has 2 amide bonds. The zero-order chi connectivity index (χ0) is 17.8. The van der Waals surface area contributed by atoms with Gasteiger partial charge in [0.15, 0.2) is 6.29 Å². The lowest BCUT2D eigenvalue weighted by Crippen LogP contribution is -2.30. The summed E-state index contributed by atoms with van der Waals surface area (Å²) in [6.07, 6.45) is 1.08. The van der Waals surface area contributed by atoms with E-state index in [2.05, 4.69) is 0 Å². The second-order valence-electron chi connectivity index (χ2n) is 5.96. The van der Waals surface area contributed by atoms with Crippen molar-refractivity contribution in [2.24, 2.45) is 0 Å². The SMILES string of the molecule is COC(OC)c1cccc(CCCN2C(=O)c3ccccc3C2=O)c1. The predicted octanol–water partition coefficient (Wildman–Crippen LogP) is 3.21. The number of methoxy groups -OCH3 is 2. The van der Waals surface area contributed by atoms with E-state index in [4.69, 9.17) is 9.47 Å². The number of hydrogen-bond acceptors (Lipinski definition) is 4. The van der Waals surface area contributed by atoms with E-state index in [9.17, 15) is 9.59 Å². The number of carbonyl (C=O) groups is 2. The van der Waals surface area contributed by atoms with E-state index in [1.54, 1.807) is 38.5 Å². The van der Waals surface area contributed by atoms with Gasteiger partial charge in [0.25, 0.3) is 11.8 Å². The molecule has 0 N–H and O–H groups in total. The first-order valence-electron chi connectivity index (χ1n) is 8.25. The highest BCUT2D eigenvalue weighted by Gasteiger charge is 2.34. The average molecular weight is 339 g/mol. The molecule has 1 aliphatic rings. The first kappa shape index (κ1) is 17.3. The lowest BCUT2D eigenvalue weighted by molar-refractivity contribution is -0.106. The van der Waals surface area contributed by atoms with Gasteiger partial charge in [0, 0.05) is 26.3 Å². The van der Waals surface area contributed by atoms with Crippen LogP contribution in [0.3, 0.4) is 0 Å². The normalized spacial score (nSPS) is 13.6. The van der Waals surface area contributed by atoms with E-state index < -0.39 is 6.29 Å². The molecular formula is C20H21NO4. The zero-order valence-electron chi connectivity index (χ0n) is 14.4. The number of benzene rings is 2. The number of amides is 2. The van der Waals surface area contributed by atoms with Gasteiger partial charge >= 0.3 is 0 Å². The van der Waals surface area contributed by atoms with E-state index in [0.29, 0.717) is 24.1 Å². The van der Waals surface area contributed by atoms with Crippen LogP contribution < -0.4 is 0 Å². The summed E-state index contributed by atoms with van der Waals surface area (Å²) in [4.78, 5) is 26.0. The average Bonchev–Trinajstić information content (AvgIpc) is 2.88. The molecule has 5 nitrogen and oxygen atoms in total. The second kappa shape index (κ2) is 7.59. The van der Waals surface area contributed by atoms with Crippen LogP contribution in [0.15, 0.2) is 48.5 Å². The Balaban J connectivity index is 1.62. The van der Waals surface area contributed by atoms with Crippen LogP contribution in [0.25, 0.3) is 0 Å². The molecule has 2 aromatic carbocycles. The van der Waals surface area contributed by atoms with Crippen LogP contribution in [0.5, 0.6) is 0 Å². The van der Waals surface area contributed by atoms with Crippen LogP contribution in [0, 0.1) is 0 Å². The van der Waals surface area contributed by atoms with Gasteiger partial charge < -0.3 is 9.47 Å². The van der Waals surface area contributed by atoms with Crippen molar-refractivity contribution < 1.29 is 19.1 Å². The Morgan fingerprint density at radius 2 is 1.56 bits per heavy atom. The molecule has 5 heteroatoms. The van der Waals surface area contributed by atoms with Gasteiger partial charge in [-0.05, 0) is 30.5 Å². The molecule has 25 heavy (non-hydrogen) atoms. The van der Waals surface area contributed by atoms with E-state index in [0.717, 1.165) is 17.5 Å². The molecule has 0 spiro atoms. The molecule has 1 aliphatic heterocycles. The molecule has 0 aliphatic carbocycles. The van der Waals surface area contributed by atoms with Gasteiger partial charge in [-0.2, -0.15) is 0 Å². The molecule has 0 bridgehead atoms. The highest BCUT2D eigenvalue weighted by Crippen LogP contribution is 2.23. The van der Waals surface area contributed by atoms with Crippen LogP contribution in [0.2, 0.25) is 0 Å². The minimum Gasteiger partial charge on any atom is -0.352 e. The third-order valence-electron chi connectivity index (χ3n) is 4.38. The predicted molar refractivity (Wildman–Crippen MR) is 93.3 cm³/mol.